The van der Waals surface area contributed by atoms with Gasteiger partial charge in [-0.3, -0.25) is 9.10 Å². The van der Waals surface area contributed by atoms with Gasteiger partial charge in [0, 0.05) is 6.42 Å². The molecular formula is C30H26FN2NaO6S. The minimum absolute atomic E-state index is 0. The van der Waals surface area contributed by atoms with Crippen molar-refractivity contribution in [1.82, 2.24) is 5.32 Å². The number of nitrogens with one attached hydrogen (secondary N) is 1. The Morgan fingerprint density at radius 3 is 2.15 bits per heavy atom. The molecule has 0 bridgehead atoms. The zero-order valence-corrected chi connectivity index (χ0v) is 22.0. The van der Waals surface area contributed by atoms with E-state index in [2.05, 4.69) is 5.32 Å². The van der Waals surface area contributed by atoms with E-state index >= 15 is 0 Å². The van der Waals surface area contributed by atoms with E-state index in [9.17, 15) is 22.4 Å². The molecule has 1 amide bonds. The number of carboxylic acid groups (broad SMARTS) is 1. The van der Waals surface area contributed by atoms with Gasteiger partial charge < -0.3 is 15.2 Å². The molecule has 1 atom stereocenters. The number of amides is 1. The number of carbonyl (C=O) groups is 2. The molecular weight excluding hydrogens is 558 g/mol. The van der Waals surface area contributed by atoms with Gasteiger partial charge in [0.1, 0.15) is 24.2 Å². The fourth-order valence-corrected chi connectivity index (χ4v) is 6.23. The summed E-state index contributed by atoms with van der Waals surface area (Å²) in [4.78, 5) is 24.2. The number of ether oxygens (including phenoxy) is 1. The minimum atomic E-state index is -4.10. The molecule has 0 radical (unpaired) electrons. The molecule has 0 saturated heterocycles. The summed E-state index contributed by atoms with van der Waals surface area (Å²) >= 11 is 0. The van der Waals surface area contributed by atoms with Gasteiger partial charge in [-0.05, 0) is 71.3 Å². The second kappa shape index (κ2) is 12.9. The van der Waals surface area contributed by atoms with Crippen molar-refractivity contribution in [3.05, 3.63) is 114 Å². The Kier molecular flexibility index (Phi) is 9.49. The molecule has 1 aliphatic rings. The SMILES string of the molecule is O=C(O)c1ccc(OCCNC(=O)[C@@H]2Cc3ccccc3N2S(=O)(=O)c2ccc(-c3ccc(F)cc3)cc2)cc1.[NaH]. The van der Waals surface area contributed by atoms with Crippen LogP contribution >= 0.6 is 0 Å². The number of para-hydroxylation sites is 1. The van der Waals surface area contributed by atoms with E-state index in [1.165, 1.54) is 48.5 Å². The van der Waals surface area contributed by atoms with Crippen LogP contribution in [0, 0.1) is 5.82 Å². The second-order valence-corrected chi connectivity index (χ2v) is 11.0. The van der Waals surface area contributed by atoms with E-state index in [1.54, 1.807) is 48.5 Å². The first kappa shape index (κ1) is 30.3. The van der Waals surface area contributed by atoms with Crippen LogP contribution < -0.4 is 14.4 Å². The van der Waals surface area contributed by atoms with Crippen molar-refractivity contribution < 1.29 is 32.2 Å². The van der Waals surface area contributed by atoms with Gasteiger partial charge in [-0.25, -0.2) is 17.6 Å². The second-order valence-electron chi connectivity index (χ2n) is 9.15. The van der Waals surface area contributed by atoms with Crippen LogP contribution in [-0.4, -0.2) is 74.2 Å². The van der Waals surface area contributed by atoms with Crippen molar-refractivity contribution in [2.75, 3.05) is 17.5 Å². The van der Waals surface area contributed by atoms with E-state index < -0.39 is 27.9 Å². The van der Waals surface area contributed by atoms with Gasteiger partial charge in [-0.1, -0.05) is 42.5 Å². The molecule has 41 heavy (non-hydrogen) atoms. The van der Waals surface area contributed by atoms with Gasteiger partial charge in [-0.2, -0.15) is 0 Å². The standard InChI is InChI=1S/C30H25FN2O6S.Na.H/c31-24-11-5-20(6-12-24)21-9-15-26(16-10-21)40(37,38)33-27-4-2-1-3-23(27)19-28(33)29(34)32-17-18-39-25-13-7-22(8-14-25)30(35)36;;/h1-16,28H,17-19H2,(H,32,34)(H,35,36);;/t28-;;/m0../s1. The molecule has 0 spiro atoms. The number of anilines is 1. The summed E-state index contributed by atoms with van der Waals surface area (Å²) in [6.07, 6.45) is 0.215. The molecule has 0 unspecified atom stereocenters. The molecule has 4 aromatic carbocycles. The van der Waals surface area contributed by atoms with E-state index in [1.807, 2.05) is 0 Å². The Bertz CT molecular complexity index is 1650. The van der Waals surface area contributed by atoms with Crippen molar-refractivity contribution in [1.29, 1.82) is 0 Å². The van der Waals surface area contributed by atoms with E-state index in [0.29, 0.717) is 11.4 Å². The number of carboxylic acids is 1. The number of aromatic carboxylic acids is 1. The molecule has 0 aromatic heterocycles. The van der Waals surface area contributed by atoms with Gasteiger partial charge >= 0.3 is 35.5 Å². The van der Waals surface area contributed by atoms with Crippen molar-refractivity contribution in [3.8, 4) is 16.9 Å². The Morgan fingerprint density at radius 2 is 1.51 bits per heavy atom. The van der Waals surface area contributed by atoms with Gasteiger partial charge in [0.05, 0.1) is 22.7 Å². The number of fused-ring (bicyclic) bond motifs is 1. The molecule has 0 fully saturated rings. The van der Waals surface area contributed by atoms with Crippen molar-refractivity contribution in [2.24, 2.45) is 0 Å². The molecule has 0 aliphatic carbocycles. The maximum absolute atomic E-state index is 13.8. The van der Waals surface area contributed by atoms with Crippen LogP contribution in [-0.2, 0) is 21.2 Å². The zero-order chi connectivity index (χ0) is 28.3. The van der Waals surface area contributed by atoms with Crippen molar-refractivity contribution in [3.63, 3.8) is 0 Å². The quantitative estimate of drug-likeness (QED) is 0.228. The molecule has 8 nitrogen and oxygen atoms in total. The summed E-state index contributed by atoms with van der Waals surface area (Å²) in [7, 11) is -4.10. The van der Waals surface area contributed by atoms with Gasteiger partial charge in [0.25, 0.3) is 10.0 Å². The molecule has 4 aromatic rings. The summed E-state index contributed by atoms with van der Waals surface area (Å²) in [5, 5.41) is 11.7. The summed E-state index contributed by atoms with van der Waals surface area (Å²) in [5.74, 6) is -1.42. The van der Waals surface area contributed by atoms with Crippen LogP contribution in [0.2, 0.25) is 0 Å². The first-order valence-corrected chi connectivity index (χ1v) is 13.9. The van der Waals surface area contributed by atoms with Gasteiger partial charge in [0.2, 0.25) is 5.91 Å². The number of benzene rings is 4. The van der Waals surface area contributed by atoms with Crippen molar-refractivity contribution in [2.45, 2.75) is 17.4 Å². The third-order valence-electron chi connectivity index (χ3n) is 6.59. The number of hydrogen-bond donors (Lipinski definition) is 2. The van der Waals surface area contributed by atoms with Crippen LogP contribution in [0.4, 0.5) is 10.1 Å². The fraction of sp³-hybridized carbons (Fsp3) is 0.133. The van der Waals surface area contributed by atoms with E-state index in [-0.39, 0.29) is 65.4 Å². The van der Waals surface area contributed by atoms with E-state index in [4.69, 9.17) is 9.84 Å². The molecule has 1 heterocycles. The first-order chi connectivity index (χ1) is 19.2. The van der Waals surface area contributed by atoms with Crippen molar-refractivity contribution >= 4 is 57.1 Å². The molecule has 206 valence electrons. The summed E-state index contributed by atoms with van der Waals surface area (Å²) in [6, 6.07) is 24.1. The van der Waals surface area contributed by atoms with Crippen LogP contribution in [0.1, 0.15) is 15.9 Å². The van der Waals surface area contributed by atoms with Gasteiger partial charge in [0.15, 0.2) is 0 Å². The van der Waals surface area contributed by atoms with Crippen LogP contribution in [0.25, 0.3) is 11.1 Å². The van der Waals surface area contributed by atoms with E-state index in [0.717, 1.165) is 21.0 Å². The number of carbonyl (C=O) groups excluding carboxylic acids is 1. The average molecular weight is 585 g/mol. The Labute approximate surface area is 259 Å². The average Bonchev–Trinajstić information content (AvgIpc) is 3.37. The normalized spacial score (nSPS) is 14.1. The topological polar surface area (TPSA) is 113 Å². The Balaban J connectivity index is 0.00000387. The first-order valence-electron chi connectivity index (χ1n) is 12.5. The number of rotatable bonds is 9. The third-order valence-corrected chi connectivity index (χ3v) is 8.42. The molecule has 11 heteroatoms. The number of sulfonamides is 1. The van der Waals surface area contributed by atoms with Crippen LogP contribution in [0.5, 0.6) is 5.75 Å². The number of nitrogens with zero attached hydrogens (tertiary/aromatic N) is 1. The molecule has 1 aliphatic heterocycles. The summed E-state index contributed by atoms with van der Waals surface area (Å²) < 4.78 is 47.7. The predicted octanol–water partition coefficient (Wildman–Crippen LogP) is 3.86. The third kappa shape index (κ3) is 6.62. The molecule has 0 saturated carbocycles. The molecule has 2 N–H and O–H groups in total. The van der Waals surface area contributed by atoms with Crippen LogP contribution in [0.3, 0.4) is 0 Å². The Hall–Kier alpha value is -3.70. The number of halogens is 1. The van der Waals surface area contributed by atoms with Gasteiger partial charge in [-0.15, -0.1) is 0 Å². The number of hydrogen-bond acceptors (Lipinski definition) is 5. The maximum atomic E-state index is 13.8. The fourth-order valence-electron chi connectivity index (χ4n) is 4.58. The summed E-state index contributed by atoms with van der Waals surface area (Å²) in [6.45, 7) is 0.224. The zero-order valence-electron chi connectivity index (χ0n) is 21.2. The predicted molar refractivity (Wildman–Crippen MR) is 154 cm³/mol. The molecule has 5 rings (SSSR count). The van der Waals surface area contributed by atoms with Crippen LogP contribution in [0.15, 0.2) is 102 Å². The monoisotopic (exact) mass is 584 g/mol. The summed E-state index contributed by atoms with van der Waals surface area (Å²) in [5.41, 5.74) is 2.79. The Morgan fingerprint density at radius 1 is 0.902 bits per heavy atom.